The van der Waals surface area contributed by atoms with Gasteiger partial charge in [0.15, 0.2) is 5.78 Å². The van der Waals surface area contributed by atoms with E-state index in [1.807, 2.05) is 0 Å². The molecular formula is C15H21FN2O. The largest absolute Gasteiger partial charge is 0.317 e. The van der Waals surface area contributed by atoms with Crippen LogP contribution >= 0.6 is 0 Å². The van der Waals surface area contributed by atoms with Crippen LogP contribution in [-0.4, -0.2) is 42.9 Å². The standard InChI is InChI=1S/C15H21FN2O/c1-2-18(12-7-9-17-10-8-12)11-15(19)13-5-3-4-6-14(13)16/h3-6,12,17H,2,7-11H2,1H3. The number of rotatable bonds is 5. The molecule has 19 heavy (non-hydrogen) atoms. The first-order valence-electron chi connectivity index (χ1n) is 6.95. The van der Waals surface area contributed by atoms with Gasteiger partial charge in [0.1, 0.15) is 5.82 Å². The van der Waals surface area contributed by atoms with Gasteiger partial charge in [0.25, 0.3) is 0 Å². The lowest BCUT2D eigenvalue weighted by Gasteiger charge is -2.33. The molecule has 0 aromatic heterocycles. The predicted octanol–water partition coefficient (Wildman–Crippen LogP) is 2.08. The molecule has 1 aliphatic heterocycles. The van der Waals surface area contributed by atoms with Gasteiger partial charge in [-0.15, -0.1) is 0 Å². The number of benzene rings is 1. The van der Waals surface area contributed by atoms with Crippen LogP contribution in [0.4, 0.5) is 4.39 Å². The summed E-state index contributed by atoms with van der Waals surface area (Å²) in [6.07, 6.45) is 2.11. The van der Waals surface area contributed by atoms with Crippen LogP contribution in [0.1, 0.15) is 30.1 Å². The number of carbonyl (C=O) groups is 1. The molecule has 0 atom stereocenters. The smallest absolute Gasteiger partial charge is 0.179 e. The van der Waals surface area contributed by atoms with Gasteiger partial charge in [-0.25, -0.2) is 4.39 Å². The molecule has 1 heterocycles. The Hall–Kier alpha value is -1.26. The molecule has 1 N–H and O–H groups in total. The number of nitrogens with zero attached hydrogens (tertiary/aromatic N) is 1. The van der Waals surface area contributed by atoms with Gasteiger partial charge in [0, 0.05) is 6.04 Å². The van der Waals surface area contributed by atoms with Gasteiger partial charge in [-0.05, 0) is 44.6 Å². The van der Waals surface area contributed by atoms with Crippen LogP contribution in [0.2, 0.25) is 0 Å². The summed E-state index contributed by atoms with van der Waals surface area (Å²) in [5, 5.41) is 3.32. The Balaban J connectivity index is 2.01. The van der Waals surface area contributed by atoms with Crippen LogP contribution in [0.3, 0.4) is 0 Å². The lowest BCUT2D eigenvalue weighted by Crippen LogP contribution is -2.45. The number of piperidine rings is 1. The lowest BCUT2D eigenvalue weighted by atomic mass is 10.0. The number of hydrogen-bond acceptors (Lipinski definition) is 3. The number of likely N-dealkylation sites (N-methyl/N-ethyl adjacent to an activating group) is 1. The molecule has 0 saturated carbocycles. The predicted molar refractivity (Wildman–Crippen MR) is 73.9 cm³/mol. The van der Waals surface area contributed by atoms with Crippen LogP contribution in [0.5, 0.6) is 0 Å². The van der Waals surface area contributed by atoms with Gasteiger partial charge in [-0.3, -0.25) is 9.69 Å². The summed E-state index contributed by atoms with van der Waals surface area (Å²) in [5.74, 6) is -0.549. The Kier molecular flexibility index (Phi) is 5.05. The number of halogens is 1. The molecule has 104 valence electrons. The zero-order chi connectivity index (χ0) is 13.7. The maximum atomic E-state index is 13.6. The van der Waals surface area contributed by atoms with E-state index in [0.717, 1.165) is 32.5 Å². The second-order valence-electron chi connectivity index (χ2n) is 4.95. The number of nitrogens with one attached hydrogen (secondary N) is 1. The third-order valence-corrected chi connectivity index (χ3v) is 3.75. The summed E-state index contributed by atoms with van der Waals surface area (Å²) in [4.78, 5) is 14.3. The Morgan fingerprint density at radius 2 is 2.05 bits per heavy atom. The number of Topliss-reactive ketones (excluding diaryl/α,β-unsaturated/α-hetero) is 1. The van der Waals surface area contributed by atoms with E-state index in [-0.39, 0.29) is 11.3 Å². The van der Waals surface area contributed by atoms with Gasteiger partial charge in [0.05, 0.1) is 12.1 Å². The number of ketones is 1. The second kappa shape index (κ2) is 6.78. The first kappa shape index (κ1) is 14.2. The van der Waals surface area contributed by atoms with Crippen molar-refractivity contribution in [3.63, 3.8) is 0 Å². The fourth-order valence-electron chi connectivity index (χ4n) is 2.63. The zero-order valence-electron chi connectivity index (χ0n) is 11.4. The molecule has 0 amide bonds. The summed E-state index contributed by atoms with van der Waals surface area (Å²) in [6, 6.07) is 6.65. The fraction of sp³-hybridized carbons (Fsp3) is 0.533. The Morgan fingerprint density at radius 3 is 2.68 bits per heavy atom. The van der Waals surface area contributed by atoms with E-state index in [1.165, 1.54) is 6.07 Å². The van der Waals surface area contributed by atoms with Crippen molar-refractivity contribution in [2.75, 3.05) is 26.2 Å². The van der Waals surface area contributed by atoms with E-state index in [2.05, 4.69) is 17.1 Å². The summed E-state index contributed by atoms with van der Waals surface area (Å²) in [7, 11) is 0. The van der Waals surface area contributed by atoms with Crippen molar-refractivity contribution < 1.29 is 9.18 Å². The van der Waals surface area contributed by atoms with Crippen molar-refractivity contribution in [2.45, 2.75) is 25.8 Å². The second-order valence-corrected chi connectivity index (χ2v) is 4.95. The third-order valence-electron chi connectivity index (χ3n) is 3.75. The first-order valence-corrected chi connectivity index (χ1v) is 6.95. The molecule has 1 aliphatic rings. The lowest BCUT2D eigenvalue weighted by molar-refractivity contribution is 0.0870. The Labute approximate surface area is 113 Å². The minimum Gasteiger partial charge on any atom is -0.317 e. The van der Waals surface area contributed by atoms with Crippen molar-refractivity contribution in [2.24, 2.45) is 0 Å². The van der Waals surface area contributed by atoms with E-state index in [0.29, 0.717) is 12.6 Å². The first-order chi connectivity index (χ1) is 9.22. The van der Waals surface area contributed by atoms with Gasteiger partial charge >= 0.3 is 0 Å². The molecule has 0 spiro atoms. The van der Waals surface area contributed by atoms with Crippen molar-refractivity contribution in [3.8, 4) is 0 Å². The molecule has 2 rings (SSSR count). The maximum Gasteiger partial charge on any atom is 0.179 e. The Morgan fingerprint density at radius 1 is 1.37 bits per heavy atom. The highest BCUT2D eigenvalue weighted by Crippen LogP contribution is 2.14. The minimum absolute atomic E-state index is 0.126. The molecule has 3 nitrogen and oxygen atoms in total. The van der Waals surface area contributed by atoms with Crippen molar-refractivity contribution in [1.29, 1.82) is 0 Å². The SMILES string of the molecule is CCN(CC(=O)c1ccccc1F)C1CCNCC1. The van der Waals surface area contributed by atoms with Crippen LogP contribution in [-0.2, 0) is 0 Å². The van der Waals surface area contributed by atoms with Gasteiger partial charge in [0.2, 0.25) is 0 Å². The highest BCUT2D eigenvalue weighted by molar-refractivity contribution is 5.97. The average Bonchev–Trinajstić information content (AvgIpc) is 2.46. The van der Waals surface area contributed by atoms with Gasteiger partial charge < -0.3 is 5.32 Å². The van der Waals surface area contributed by atoms with Crippen LogP contribution in [0.15, 0.2) is 24.3 Å². The maximum absolute atomic E-state index is 13.6. The fourth-order valence-corrected chi connectivity index (χ4v) is 2.63. The number of carbonyl (C=O) groups excluding carboxylic acids is 1. The van der Waals surface area contributed by atoms with Crippen LogP contribution in [0, 0.1) is 5.82 Å². The van der Waals surface area contributed by atoms with Gasteiger partial charge in [-0.1, -0.05) is 19.1 Å². The molecule has 1 aromatic carbocycles. The minimum atomic E-state index is -0.422. The highest BCUT2D eigenvalue weighted by atomic mass is 19.1. The topological polar surface area (TPSA) is 32.3 Å². The summed E-state index contributed by atoms with van der Waals surface area (Å²) in [5.41, 5.74) is 0.204. The molecule has 1 saturated heterocycles. The van der Waals surface area contributed by atoms with E-state index in [1.54, 1.807) is 18.2 Å². The quantitative estimate of drug-likeness (QED) is 0.826. The van der Waals surface area contributed by atoms with Crippen LogP contribution in [0.25, 0.3) is 0 Å². The average molecular weight is 264 g/mol. The molecule has 1 aromatic rings. The highest BCUT2D eigenvalue weighted by Gasteiger charge is 2.22. The normalized spacial score (nSPS) is 16.8. The molecule has 0 aliphatic carbocycles. The molecular weight excluding hydrogens is 243 g/mol. The molecule has 0 radical (unpaired) electrons. The van der Waals surface area contributed by atoms with Crippen molar-refractivity contribution >= 4 is 5.78 Å². The number of hydrogen-bond donors (Lipinski definition) is 1. The molecule has 1 fully saturated rings. The van der Waals surface area contributed by atoms with E-state index >= 15 is 0 Å². The molecule has 4 heteroatoms. The zero-order valence-corrected chi connectivity index (χ0v) is 11.4. The summed E-state index contributed by atoms with van der Waals surface area (Å²) < 4.78 is 13.6. The monoisotopic (exact) mass is 264 g/mol. The third kappa shape index (κ3) is 3.61. The van der Waals surface area contributed by atoms with Crippen LogP contribution < -0.4 is 5.32 Å². The molecule has 0 bridgehead atoms. The summed E-state index contributed by atoms with van der Waals surface area (Å²) in [6.45, 7) is 5.17. The van der Waals surface area contributed by atoms with E-state index < -0.39 is 5.82 Å². The molecule has 0 unspecified atom stereocenters. The van der Waals surface area contributed by atoms with Crippen molar-refractivity contribution in [1.82, 2.24) is 10.2 Å². The van der Waals surface area contributed by atoms with Crippen molar-refractivity contribution in [3.05, 3.63) is 35.6 Å². The Bertz CT molecular complexity index is 430. The van der Waals surface area contributed by atoms with Gasteiger partial charge in [-0.2, -0.15) is 0 Å². The van der Waals surface area contributed by atoms with E-state index in [9.17, 15) is 9.18 Å². The van der Waals surface area contributed by atoms with E-state index in [4.69, 9.17) is 0 Å². The summed E-state index contributed by atoms with van der Waals surface area (Å²) >= 11 is 0.